The van der Waals surface area contributed by atoms with Crippen LogP contribution in [0, 0.1) is 0 Å². The maximum Gasteiger partial charge on any atom is 0.270 e. The number of rotatable bonds is 3. The van der Waals surface area contributed by atoms with Gasteiger partial charge in [0.2, 0.25) is 0 Å². The average molecular weight is 355 g/mol. The van der Waals surface area contributed by atoms with Crippen molar-refractivity contribution in [1.82, 2.24) is 10.3 Å². The molecule has 0 saturated heterocycles. The normalized spacial score (nSPS) is 18.8. The summed E-state index contributed by atoms with van der Waals surface area (Å²) in [6, 6.07) is 3.39. The van der Waals surface area contributed by atoms with Crippen LogP contribution in [0.2, 0.25) is 0 Å². The molecule has 0 radical (unpaired) electrons. The molecule has 0 bridgehead atoms. The van der Waals surface area contributed by atoms with E-state index in [1.165, 1.54) is 0 Å². The number of oxime groups is 1. The molecule has 1 amide bonds. The largest absolute Gasteiger partial charge is 0.409 e. The quantitative estimate of drug-likeness (QED) is 0.255. The summed E-state index contributed by atoms with van der Waals surface area (Å²) < 4.78 is 0.805. The van der Waals surface area contributed by atoms with Gasteiger partial charge in [-0.1, -0.05) is 30.8 Å². The van der Waals surface area contributed by atoms with Crippen molar-refractivity contribution in [1.29, 1.82) is 0 Å². The van der Waals surface area contributed by atoms with Crippen LogP contribution in [0.25, 0.3) is 0 Å². The number of hydrogen-bond acceptors (Lipinski definition) is 4. The Bertz CT molecular complexity index is 522. The van der Waals surface area contributed by atoms with E-state index < -0.39 is 5.54 Å². The van der Waals surface area contributed by atoms with Crippen molar-refractivity contribution in [2.24, 2.45) is 10.9 Å². The zero-order valence-electron chi connectivity index (χ0n) is 11.7. The van der Waals surface area contributed by atoms with E-state index in [4.69, 9.17) is 10.9 Å². The van der Waals surface area contributed by atoms with Crippen molar-refractivity contribution in [3.05, 3.63) is 28.5 Å². The van der Waals surface area contributed by atoms with Crippen molar-refractivity contribution in [3.8, 4) is 0 Å². The first kappa shape index (κ1) is 15.8. The fraction of sp³-hybridized carbons (Fsp3) is 0.500. The van der Waals surface area contributed by atoms with Crippen molar-refractivity contribution < 1.29 is 10.0 Å². The highest BCUT2D eigenvalue weighted by Crippen LogP contribution is 2.28. The summed E-state index contributed by atoms with van der Waals surface area (Å²) in [7, 11) is 0. The molecule has 1 fully saturated rings. The Labute approximate surface area is 131 Å². The molecule has 0 atom stereocenters. The third-order valence-corrected chi connectivity index (χ3v) is 4.34. The zero-order valence-corrected chi connectivity index (χ0v) is 13.3. The first-order valence-corrected chi connectivity index (χ1v) is 7.79. The van der Waals surface area contributed by atoms with Crippen LogP contribution in [0.4, 0.5) is 0 Å². The summed E-state index contributed by atoms with van der Waals surface area (Å²) in [5.41, 5.74) is 5.39. The number of nitrogens with one attached hydrogen (secondary N) is 1. The topological polar surface area (TPSA) is 101 Å². The SMILES string of the molecule is NC(=NO)C1(NC(=O)c2ccc(Br)cn2)CCCCCC1. The third-order valence-electron chi connectivity index (χ3n) is 3.87. The lowest BCUT2D eigenvalue weighted by atomic mass is 9.88. The second kappa shape index (κ2) is 6.89. The van der Waals surface area contributed by atoms with Crippen LogP contribution in [0.3, 0.4) is 0 Å². The lowest BCUT2D eigenvalue weighted by Crippen LogP contribution is -2.57. The number of hydrogen-bond donors (Lipinski definition) is 3. The molecule has 21 heavy (non-hydrogen) atoms. The van der Waals surface area contributed by atoms with E-state index in [0.29, 0.717) is 18.5 Å². The molecule has 4 N–H and O–H groups in total. The van der Waals surface area contributed by atoms with Crippen molar-refractivity contribution in [2.75, 3.05) is 0 Å². The molecule has 1 aliphatic carbocycles. The van der Waals surface area contributed by atoms with Crippen molar-refractivity contribution in [2.45, 2.75) is 44.1 Å². The lowest BCUT2D eigenvalue weighted by molar-refractivity contribution is 0.0910. The van der Waals surface area contributed by atoms with Gasteiger partial charge in [-0.2, -0.15) is 0 Å². The van der Waals surface area contributed by atoms with Gasteiger partial charge in [-0.05, 0) is 40.9 Å². The van der Waals surface area contributed by atoms with Crippen molar-refractivity contribution >= 4 is 27.7 Å². The minimum absolute atomic E-state index is 0.0647. The number of nitrogens with zero attached hydrogens (tertiary/aromatic N) is 2. The number of amides is 1. The van der Waals surface area contributed by atoms with E-state index in [0.717, 1.165) is 30.2 Å². The van der Waals surface area contributed by atoms with Gasteiger partial charge in [-0.25, -0.2) is 4.98 Å². The van der Waals surface area contributed by atoms with Gasteiger partial charge in [0.05, 0.1) is 0 Å². The van der Waals surface area contributed by atoms with Crippen LogP contribution in [-0.2, 0) is 0 Å². The number of amidine groups is 1. The smallest absolute Gasteiger partial charge is 0.270 e. The van der Waals surface area contributed by atoms with Gasteiger partial charge in [-0.3, -0.25) is 4.79 Å². The van der Waals surface area contributed by atoms with Crippen LogP contribution in [0.15, 0.2) is 28.0 Å². The molecule has 114 valence electrons. The number of aromatic nitrogens is 1. The lowest BCUT2D eigenvalue weighted by Gasteiger charge is -2.32. The highest BCUT2D eigenvalue weighted by atomic mass is 79.9. The van der Waals surface area contributed by atoms with E-state index in [9.17, 15) is 4.79 Å². The van der Waals surface area contributed by atoms with Gasteiger partial charge in [0, 0.05) is 10.7 Å². The molecule has 1 saturated carbocycles. The Morgan fingerprint density at radius 1 is 1.33 bits per heavy atom. The second-order valence-electron chi connectivity index (χ2n) is 5.30. The maximum absolute atomic E-state index is 12.4. The van der Waals surface area contributed by atoms with Crippen molar-refractivity contribution in [3.63, 3.8) is 0 Å². The highest BCUT2D eigenvalue weighted by Gasteiger charge is 2.37. The Morgan fingerprint density at radius 3 is 2.52 bits per heavy atom. The number of halogens is 1. The molecule has 2 rings (SSSR count). The first-order chi connectivity index (χ1) is 10.1. The fourth-order valence-electron chi connectivity index (χ4n) is 2.66. The second-order valence-corrected chi connectivity index (χ2v) is 6.21. The van der Waals surface area contributed by atoms with E-state index in [2.05, 4.69) is 31.4 Å². The minimum Gasteiger partial charge on any atom is -0.409 e. The van der Waals surface area contributed by atoms with Crippen LogP contribution in [-0.4, -0.2) is 27.5 Å². The Hall–Kier alpha value is -1.63. The molecular formula is C14H19BrN4O2. The summed E-state index contributed by atoms with van der Waals surface area (Å²) in [6.07, 6.45) is 6.96. The average Bonchev–Trinajstić information content (AvgIpc) is 2.73. The van der Waals surface area contributed by atoms with Crippen LogP contribution < -0.4 is 11.1 Å². The van der Waals surface area contributed by atoms with E-state index in [1.807, 2.05) is 0 Å². The Kier molecular flexibility index (Phi) is 5.17. The first-order valence-electron chi connectivity index (χ1n) is 6.99. The minimum atomic E-state index is -0.781. The van der Waals surface area contributed by atoms with Crippen LogP contribution >= 0.6 is 15.9 Å². The van der Waals surface area contributed by atoms with Gasteiger partial charge in [0.1, 0.15) is 11.2 Å². The van der Waals surface area contributed by atoms with Gasteiger partial charge in [-0.15, -0.1) is 0 Å². The van der Waals surface area contributed by atoms with E-state index in [1.54, 1.807) is 18.3 Å². The Balaban J connectivity index is 2.22. The molecule has 1 heterocycles. The summed E-state index contributed by atoms with van der Waals surface area (Å²) in [5, 5.41) is 15.1. The molecule has 7 heteroatoms. The summed E-state index contributed by atoms with van der Waals surface area (Å²) in [4.78, 5) is 16.5. The maximum atomic E-state index is 12.4. The van der Waals surface area contributed by atoms with Gasteiger partial charge >= 0.3 is 0 Å². The monoisotopic (exact) mass is 354 g/mol. The summed E-state index contributed by atoms with van der Waals surface area (Å²) in [5.74, 6) is -0.245. The van der Waals surface area contributed by atoms with Crippen LogP contribution in [0.1, 0.15) is 49.0 Å². The molecule has 6 nitrogen and oxygen atoms in total. The molecule has 1 aromatic heterocycles. The molecule has 1 aliphatic rings. The Morgan fingerprint density at radius 2 is 2.00 bits per heavy atom. The zero-order chi connectivity index (χ0) is 15.3. The molecule has 0 aromatic carbocycles. The number of pyridine rings is 1. The standard InChI is InChI=1S/C14H19BrN4O2/c15-10-5-6-11(17-9-10)12(20)18-14(13(16)19-21)7-3-1-2-4-8-14/h5-6,9,21H,1-4,7-8H2,(H2,16,19)(H,18,20). The predicted octanol–water partition coefficient (Wildman–Crippen LogP) is 2.41. The molecular weight excluding hydrogens is 336 g/mol. The summed E-state index contributed by atoms with van der Waals surface area (Å²) in [6.45, 7) is 0. The molecule has 0 aliphatic heterocycles. The van der Waals surface area contributed by atoms with Crippen LogP contribution in [0.5, 0.6) is 0 Å². The molecule has 1 aromatic rings. The predicted molar refractivity (Wildman–Crippen MR) is 83.2 cm³/mol. The van der Waals surface area contributed by atoms with Gasteiger partial charge in [0.25, 0.3) is 5.91 Å². The summed E-state index contributed by atoms with van der Waals surface area (Å²) >= 11 is 3.28. The number of nitrogens with two attached hydrogens (primary N) is 1. The highest BCUT2D eigenvalue weighted by molar-refractivity contribution is 9.10. The van der Waals surface area contributed by atoms with E-state index in [-0.39, 0.29) is 11.7 Å². The fourth-order valence-corrected chi connectivity index (χ4v) is 2.90. The third kappa shape index (κ3) is 3.72. The van der Waals surface area contributed by atoms with Gasteiger partial charge in [0.15, 0.2) is 5.84 Å². The van der Waals surface area contributed by atoms with E-state index >= 15 is 0 Å². The van der Waals surface area contributed by atoms with Gasteiger partial charge < -0.3 is 16.3 Å². The number of carbonyl (C=O) groups is 1. The number of carbonyl (C=O) groups excluding carboxylic acids is 1. The molecule has 0 spiro atoms. The molecule has 0 unspecified atom stereocenters.